The molecule has 0 aliphatic carbocycles. The van der Waals surface area contributed by atoms with Crippen LogP contribution in [-0.2, 0) is 16.1 Å². The topological polar surface area (TPSA) is 58.6 Å². The fraction of sp³-hybridized carbons (Fsp3) is 0.263. The number of anilines is 1. The molecular formula is C19H19ClN2O3. The molecule has 1 fully saturated rings. The molecule has 5 nitrogen and oxygen atoms in total. The number of amides is 2. The Morgan fingerprint density at radius 1 is 1.28 bits per heavy atom. The number of nitrogens with one attached hydrogen (secondary N) is 1. The molecule has 130 valence electrons. The molecule has 6 heteroatoms. The monoisotopic (exact) mass is 358 g/mol. The van der Waals surface area contributed by atoms with Crippen molar-refractivity contribution in [1.29, 1.82) is 0 Å². The summed E-state index contributed by atoms with van der Waals surface area (Å²) < 4.78 is 5.31. The number of hydrogen-bond donors (Lipinski definition) is 1. The van der Waals surface area contributed by atoms with Crippen molar-refractivity contribution in [3.8, 4) is 5.75 Å². The zero-order valence-corrected chi connectivity index (χ0v) is 14.6. The number of rotatable bonds is 5. The second kappa shape index (κ2) is 7.57. The van der Waals surface area contributed by atoms with Gasteiger partial charge in [0.1, 0.15) is 5.75 Å². The molecule has 2 aromatic rings. The Bertz CT molecular complexity index is 779. The van der Waals surface area contributed by atoms with Crippen LogP contribution in [0.15, 0.2) is 48.5 Å². The largest absolute Gasteiger partial charge is 0.495 e. The molecule has 1 N–H and O–H groups in total. The van der Waals surface area contributed by atoms with Gasteiger partial charge in [0.05, 0.1) is 18.7 Å². The van der Waals surface area contributed by atoms with Crippen molar-refractivity contribution in [2.24, 2.45) is 5.92 Å². The highest BCUT2D eigenvalue weighted by Gasteiger charge is 2.36. The van der Waals surface area contributed by atoms with Crippen molar-refractivity contribution >= 4 is 29.1 Å². The lowest BCUT2D eigenvalue weighted by Crippen LogP contribution is -2.32. The smallest absolute Gasteiger partial charge is 0.227 e. The summed E-state index contributed by atoms with van der Waals surface area (Å²) in [5, 5.41) is 3.41. The van der Waals surface area contributed by atoms with Crippen LogP contribution in [0.2, 0.25) is 5.02 Å². The van der Waals surface area contributed by atoms with Gasteiger partial charge >= 0.3 is 0 Å². The molecule has 0 bridgehead atoms. The van der Waals surface area contributed by atoms with E-state index in [1.54, 1.807) is 23.1 Å². The van der Waals surface area contributed by atoms with Crippen molar-refractivity contribution in [3.05, 3.63) is 59.1 Å². The lowest BCUT2D eigenvalue weighted by atomic mass is 10.1. The summed E-state index contributed by atoms with van der Waals surface area (Å²) in [6, 6.07) is 14.8. The highest BCUT2D eigenvalue weighted by Crippen LogP contribution is 2.35. The number of halogens is 1. The third kappa shape index (κ3) is 3.94. The molecule has 2 aromatic carbocycles. The predicted octanol–water partition coefficient (Wildman–Crippen LogP) is 3.02. The van der Waals surface area contributed by atoms with Crippen molar-refractivity contribution in [3.63, 3.8) is 0 Å². The van der Waals surface area contributed by atoms with E-state index in [9.17, 15) is 9.59 Å². The minimum atomic E-state index is -0.389. The number of carbonyl (C=O) groups excluding carboxylic acids is 2. The summed E-state index contributed by atoms with van der Waals surface area (Å²) in [7, 11) is 1.54. The van der Waals surface area contributed by atoms with Crippen LogP contribution in [0.1, 0.15) is 12.0 Å². The lowest BCUT2D eigenvalue weighted by molar-refractivity contribution is -0.126. The van der Waals surface area contributed by atoms with Crippen molar-refractivity contribution < 1.29 is 14.3 Å². The normalized spacial score (nSPS) is 16.8. The Labute approximate surface area is 151 Å². The molecule has 1 heterocycles. The number of carbonyl (C=O) groups is 2. The maximum atomic E-state index is 12.4. The minimum absolute atomic E-state index is 0.111. The molecule has 0 saturated carbocycles. The molecule has 1 atom stereocenters. The maximum Gasteiger partial charge on any atom is 0.227 e. The Kier molecular flexibility index (Phi) is 5.24. The summed E-state index contributed by atoms with van der Waals surface area (Å²) >= 11 is 6.04. The van der Waals surface area contributed by atoms with E-state index in [0.29, 0.717) is 29.5 Å². The number of hydrogen-bond acceptors (Lipinski definition) is 3. The van der Waals surface area contributed by atoms with Gasteiger partial charge in [-0.05, 0) is 23.8 Å². The molecule has 3 rings (SSSR count). The first kappa shape index (κ1) is 17.3. The summed E-state index contributed by atoms with van der Waals surface area (Å²) in [5.41, 5.74) is 1.62. The van der Waals surface area contributed by atoms with Gasteiger partial charge in [-0.2, -0.15) is 0 Å². The highest BCUT2D eigenvalue weighted by molar-refractivity contribution is 6.31. The van der Waals surface area contributed by atoms with E-state index in [2.05, 4.69) is 5.32 Å². The van der Waals surface area contributed by atoms with Crippen molar-refractivity contribution in [1.82, 2.24) is 5.32 Å². The van der Waals surface area contributed by atoms with Crippen LogP contribution in [0.3, 0.4) is 0 Å². The average Bonchev–Trinajstić information content (AvgIpc) is 3.02. The van der Waals surface area contributed by atoms with E-state index in [-0.39, 0.29) is 24.2 Å². The van der Waals surface area contributed by atoms with E-state index in [0.717, 1.165) is 5.56 Å². The predicted molar refractivity (Wildman–Crippen MR) is 96.8 cm³/mol. The molecular weight excluding hydrogens is 340 g/mol. The number of nitrogens with zero attached hydrogens (tertiary/aromatic N) is 1. The Hall–Kier alpha value is -2.53. The molecule has 0 spiro atoms. The number of ether oxygens (including phenoxy) is 1. The van der Waals surface area contributed by atoms with E-state index < -0.39 is 0 Å². The fourth-order valence-electron chi connectivity index (χ4n) is 2.92. The van der Waals surface area contributed by atoms with Crippen LogP contribution in [0.4, 0.5) is 5.69 Å². The van der Waals surface area contributed by atoms with Gasteiger partial charge < -0.3 is 15.0 Å². The van der Waals surface area contributed by atoms with Crippen LogP contribution in [0.25, 0.3) is 0 Å². The van der Waals surface area contributed by atoms with E-state index in [1.807, 2.05) is 30.3 Å². The van der Waals surface area contributed by atoms with Crippen molar-refractivity contribution in [2.75, 3.05) is 18.6 Å². The SMILES string of the molecule is COc1ccc(Cl)cc1N1C[C@@H](C(=O)NCc2ccccc2)CC1=O. The second-order valence-electron chi connectivity index (χ2n) is 5.92. The fourth-order valence-corrected chi connectivity index (χ4v) is 3.09. The third-order valence-electron chi connectivity index (χ3n) is 4.24. The van der Waals surface area contributed by atoms with Gasteiger partial charge in [0.25, 0.3) is 0 Å². The minimum Gasteiger partial charge on any atom is -0.495 e. The zero-order chi connectivity index (χ0) is 17.8. The highest BCUT2D eigenvalue weighted by atomic mass is 35.5. The van der Waals surface area contributed by atoms with Gasteiger partial charge in [-0.1, -0.05) is 41.9 Å². The van der Waals surface area contributed by atoms with Gasteiger partial charge in [-0.25, -0.2) is 0 Å². The van der Waals surface area contributed by atoms with Crippen LogP contribution in [0.5, 0.6) is 5.75 Å². The summed E-state index contributed by atoms with van der Waals surface area (Å²) in [5.74, 6) is -0.0656. The molecule has 1 saturated heterocycles. The third-order valence-corrected chi connectivity index (χ3v) is 4.47. The van der Waals surface area contributed by atoms with Gasteiger partial charge in [-0.3, -0.25) is 9.59 Å². The summed E-state index contributed by atoms with van der Waals surface area (Å²) in [4.78, 5) is 26.4. The molecule has 1 aliphatic heterocycles. The van der Waals surface area contributed by atoms with Crippen LogP contribution >= 0.6 is 11.6 Å². The zero-order valence-electron chi connectivity index (χ0n) is 13.9. The van der Waals surface area contributed by atoms with E-state index in [1.165, 1.54) is 7.11 Å². The molecule has 25 heavy (non-hydrogen) atoms. The average molecular weight is 359 g/mol. The number of methoxy groups -OCH3 is 1. The second-order valence-corrected chi connectivity index (χ2v) is 6.36. The summed E-state index contributed by atoms with van der Waals surface area (Å²) in [6.45, 7) is 0.765. The van der Waals surface area contributed by atoms with E-state index >= 15 is 0 Å². The number of benzene rings is 2. The molecule has 0 aromatic heterocycles. The molecule has 1 aliphatic rings. The molecule has 2 amide bonds. The Balaban J connectivity index is 1.68. The van der Waals surface area contributed by atoms with Gasteiger partial charge in [0.2, 0.25) is 11.8 Å². The molecule has 0 unspecified atom stereocenters. The van der Waals surface area contributed by atoms with Crippen molar-refractivity contribution in [2.45, 2.75) is 13.0 Å². The Morgan fingerprint density at radius 2 is 2.04 bits per heavy atom. The quantitative estimate of drug-likeness (QED) is 0.893. The first-order valence-corrected chi connectivity index (χ1v) is 8.42. The Morgan fingerprint density at radius 3 is 2.76 bits per heavy atom. The maximum absolute atomic E-state index is 12.4. The summed E-state index contributed by atoms with van der Waals surface area (Å²) in [6.07, 6.45) is 0.177. The van der Waals surface area contributed by atoms with E-state index in [4.69, 9.17) is 16.3 Å². The van der Waals surface area contributed by atoms with Gasteiger partial charge in [-0.15, -0.1) is 0 Å². The first-order valence-electron chi connectivity index (χ1n) is 8.04. The van der Waals surface area contributed by atoms with Gasteiger partial charge in [0.15, 0.2) is 0 Å². The van der Waals surface area contributed by atoms with Gasteiger partial charge in [0, 0.05) is 24.5 Å². The standard InChI is InChI=1S/C19H19ClN2O3/c1-25-17-8-7-15(20)10-16(17)22-12-14(9-18(22)23)19(24)21-11-13-5-3-2-4-6-13/h2-8,10,14H,9,11-12H2,1H3,(H,21,24)/t14-/m0/s1. The first-order chi connectivity index (χ1) is 12.1. The molecule has 0 radical (unpaired) electrons. The van der Waals surface area contributed by atoms with Crippen LogP contribution < -0.4 is 15.0 Å². The van der Waals surface area contributed by atoms with Crippen LogP contribution in [0, 0.1) is 5.92 Å². The van der Waals surface area contributed by atoms with Crippen LogP contribution in [-0.4, -0.2) is 25.5 Å². The lowest BCUT2D eigenvalue weighted by Gasteiger charge is -2.19.